The van der Waals surface area contributed by atoms with E-state index in [-0.39, 0.29) is 54.1 Å². The molecule has 13 nitrogen and oxygen atoms in total. The lowest BCUT2D eigenvalue weighted by Crippen LogP contribution is -2.44. The minimum atomic E-state index is -4.70. The Hall–Kier alpha value is -3.83. The van der Waals surface area contributed by atoms with Crippen LogP contribution in [0.25, 0.3) is 0 Å². The quantitative estimate of drug-likeness (QED) is 0.486. The second kappa shape index (κ2) is 11.3. The van der Waals surface area contributed by atoms with Gasteiger partial charge in [0.1, 0.15) is 28.5 Å². The topological polar surface area (TPSA) is 174 Å². The fourth-order valence-corrected chi connectivity index (χ4v) is 5.29. The summed E-state index contributed by atoms with van der Waals surface area (Å²) >= 11 is 0. The Bertz CT molecular complexity index is 1530. The van der Waals surface area contributed by atoms with Crippen molar-refractivity contribution in [3.63, 3.8) is 0 Å². The van der Waals surface area contributed by atoms with Gasteiger partial charge in [-0.3, -0.25) is 14.6 Å². The van der Waals surface area contributed by atoms with Crippen LogP contribution in [0.1, 0.15) is 42.5 Å². The normalized spacial score (nSPS) is 20.6. The van der Waals surface area contributed by atoms with Crippen molar-refractivity contribution in [3.05, 3.63) is 47.5 Å². The Morgan fingerprint density at radius 3 is 2.28 bits per heavy atom. The molecule has 2 aromatic heterocycles. The van der Waals surface area contributed by atoms with Crippen LogP contribution in [0.15, 0.2) is 35.5 Å². The number of nitrogens with two attached hydrogens (primary N) is 1. The SMILES string of the molecule is CO[C@]12CN(C(=O)OCc3ncc(C(F)(F)F)cc3NC(=O)C(C)(C)C)C[C@@H]1CN(C(=O)c1ccc(S(N)(=O)=O)cn1)C2. The minimum absolute atomic E-state index is 0.00768. The summed E-state index contributed by atoms with van der Waals surface area (Å²) in [7, 11) is -2.52. The van der Waals surface area contributed by atoms with Crippen LogP contribution in [0.2, 0.25) is 0 Å². The monoisotopic (exact) mass is 628 g/mol. The maximum absolute atomic E-state index is 13.3. The Balaban J connectivity index is 1.42. The third kappa shape index (κ3) is 6.88. The van der Waals surface area contributed by atoms with E-state index in [4.69, 9.17) is 14.6 Å². The van der Waals surface area contributed by atoms with Gasteiger partial charge in [0.15, 0.2) is 0 Å². The number of primary sulfonamides is 1. The van der Waals surface area contributed by atoms with Gasteiger partial charge in [0.2, 0.25) is 15.9 Å². The number of carbonyl (C=O) groups excluding carboxylic acids is 3. The highest BCUT2D eigenvalue weighted by Crippen LogP contribution is 2.39. The molecule has 2 aliphatic heterocycles. The predicted octanol–water partition coefficient (Wildman–Crippen LogP) is 2.24. The molecule has 2 aromatic rings. The van der Waals surface area contributed by atoms with Crippen molar-refractivity contribution < 1.29 is 45.4 Å². The molecule has 2 atom stereocenters. The average molecular weight is 629 g/mol. The van der Waals surface area contributed by atoms with Gasteiger partial charge in [0.25, 0.3) is 5.91 Å². The van der Waals surface area contributed by atoms with Crippen LogP contribution in [0.5, 0.6) is 0 Å². The zero-order valence-electron chi connectivity index (χ0n) is 23.8. The summed E-state index contributed by atoms with van der Waals surface area (Å²) < 4.78 is 73.9. The van der Waals surface area contributed by atoms with Crippen molar-refractivity contribution in [2.75, 3.05) is 38.6 Å². The summed E-state index contributed by atoms with van der Waals surface area (Å²) in [5.74, 6) is -1.31. The van der Waals surface area contributed by atoms with Gasteiger partial charge in [0.05, 0.1) is 24.3 Å². The predicted molar refractivity (Wildman–Crippen MR) is 144 cm³/mol. The van der Waals surface area contributed by atoms with Gasteiger partial charge in [-0.05, 0) is 18.2 Å². The number of anilines is 1. The van der Waals surface area contributed by atoms with Crippen molar-refractivity contribution in [1.29, 1.82) is 0 Å². The van der Waals surface area contributed by atoms with Crippen LogP contribution in [-0.4, -0.2) is 85.0 Å². The van der Waals surface area contributed by atoms with Gasteiger partial charge in [-0.25, -0.2) is 23.3 Å². The number of rotatable bonds is 6. The third-order valence-electron chi connectivity index (χ3n) is 7.34. The molecular weight excluding hydrogens is 597 g/mol. The molecule has 3 amide bonds. The molecule has 2 fully saturated rings. The van der Waals surface area contributed by atoms with Gasteiger partial charge in [-0.15, -0.1) is 0 Å². The molecule has 0 saturated carbocycles. The fraction of sp³-hybridized carbons (Fsp3) is 0.500. The molecule has 0 spiro atoms. The zero-order valence-corrected chi connectivity index (χ0v) is 24.6. The second-order valence-electron chi connectivity index (χ2n) is 11.4. The van der Waals surface area contributed by atoms with Gasteiger partial charge in [0, 0.05) is 43.9 Å². The van der Waals surface area contributed by atoms with Gasteiger partial charge < -0.3 is 24.6 Å². The molecule has 0 aliphatic carbocycles. The first-order valence-electron chi connectivity index (χ1n) is 13.0. The molecule has 0 radical (unpaired) electrons. The van der Waals surface area contributed by atoms with E-state index < -0.39 is 57.3 Å². The molecule has 2 aliphatic rings. The van der Waals surface area contributed by atoms with Crippen LogP contribution in [0.3, 0.4) is 0 Å². The lowest BCUT2D eigenvalue weighted by atomic mass is 9.95. The number of amides is 3. The second-order valence-corrected chi connectivity index (χ2v) is 13.0. The number of hydrogen-bond acceptors (Lipinski definition) is 9. The van der Waals surface area contributed by atoms with E-state index in [2.05, 4.69) is 15.3 Å². The maximum Gasteiger partial charge on any atom is 0.417 e. The Morgan fingerprint density at radius 2 is 1.74 bits per heavy atom. The van der Waals surface area contributed by atoms with E-state index in [0.29, 0.717) is 6.20 Å². The molecule has 43 heavy (non-hydrogen) atoms. The number of carbonyl (C=O) groups is 3. The molecule has 0 bridgehead atoms. The molecule has 4 rings (SSSR count). The molecule has 0 aromatic carbocycles. The molecular formula is C26H31F3N6O7S. The third-order valence-corrected chi connectivity index (χ3v) is 8.24. The van der Waals surface area contributed by atoms with E-state index >= 15 is 0 Å². The van der Waals surface area contributed by atoms with E-state index in [1.165, 1.54) is 29.0 Å². The van der Waals surface area contributed by atoms with E-state index in [1.807, 2.05) is 0 Å². The first-order valence-corrected chi connectivity index (χ1v) is 14.5. The first kappa shape index (κ1) is 32.1. The summed E-state index contributed by atoms with van der Waals surface area (Å²) in [4.78, 5) is 48.8. The number of sulfonamides is 1. The lowest BCUT2D eigenvalue weighted by Gasteiger charge is -2.27. The lowest BCUT2D eigenvalue weighted by molar-refractivity contribution is -0.137. The largest absolute Gasteiger partial charge is 0.443 e. The number of methoxy groups -OCH3 is 1. The number of pyridine rings is 2. The molecule has 3 N–H and O–H groups in total. The minimum Gasteiger partial charge on any atom is -0.443 e. The summed E-state index contributed by atoms with van der Waals surface area (Å²) in [6.07, 6.45) is -3.89. The number of nitrogens with one attached hydrogen (secondary N) is 1. The number of alkyl halides is 3. The maximum atomic E-state index is 13.3. The summed E-state index contributed by atoms with van der Waals surface area (Å²) in [6.45, 7) is 4.79. The van der Waals surface area contributed by atoms with Gasteiger partial charge >= 0.3 is 12.3 Å². The number of halogens is 3. The van der Waals surface area contributed by atoms with Crippen LogP contribution in [0.4, 0.5) is 23.7 Å². The molecule has 0 unspecified atom stereocenters. The highest BCUT2D eigenvalue weighted by atomic mass is 32.2. The van der Waals surface area contributed by atoms with Gasteiger partial charge in [-0.2, -0.15) is 13.2 Å². The van der Waals surface area contributed by atoms with Crippen LogP contribution in [-0.2, 0) is 37.1 Å². The Labute approximate surface area is 245 Å². The van der Waals surface area contributed by atoms with Crippen LogP contribution >= 0.6 is 0 Å². The van der Waals surface area contributed by atoms with Gasteiger partial charge in [-0.1, -0.05) is 20.8 Å². The molecule has 234 valence electrons. The van der Waals surface area contributed by atoms with Crippen molar-refractivity contribution in [1.82, 2.24) is 19.8 Å². The summed E-state index contributed by atoms with van der Waals surface area (Å²) in [5, 5.41) is 7.51. The average Bonchev–Trinajstić information content (AvgIpc) is 3.45. The van der Waals surface area contributed by atoms with Crippen molar-refractivity contribution >= 4 is 33.6 Å². The highest BCUT2D eigenvalue weighted by Gasteiger charge is 2.55. The first-order chi connectivity index (χ1) is 19.8. The summed E-state index contributed by atoms with van der Waals surface area (Å²) in [6, 6.07) is 3.18. The number of fused-ring (bicyclic) bond motifs is 1. The summed E-state index contributed by atoms with van der Waals surface area (Å²) in [5.41, 5.74) is -3.20. The molecule has 17 heteroatoms. The van der Waals surface area contributed by atoms with E-state index in [0.717, 1.165) is 12.3 Å². The fourth-order valence-electron chi connectivity index (χ4n) is 4.84. The Morgan fingerprint density at radius 1 is 1.09 bits per heavy atom. The smallest absolute Gasteiger partial charge is 0.417 e. The number of nitrogens with zero attached hydrogens (tertiary/aromatic N) is 4. The van der Waals surface area contributed by atoms with Crippen LogP contribution < -0.4 is 10.5 Å². The number of aromatic nitrogens is 2. The van der Waals surface area contributed by atoms with Crippen molar-refractivity contribution in [2.45, 2.75) is 44.1 Å². The molecule has 2 saturated heterocycles. The van der Waals surface area contributed by atoms with E-state index in [1.54, 1.807) is 20.8 Å². The zero-order chi connectivity index (χ0) is 32.0. The number of ether oxygens (including phenoxy) is 2. The van der Waals surface area contributed by atoms with Crippen molar-refractivity contribution in [3.8, 4) is 0 Å². The Kier molecular flexibility index (Phi) is 8.47. The highest BCUT2D eigenvalue weighted by molar-refractivity contribution is 7.89. The number of likely N-dealkylation sites (tertiary alicyclic amines) is 2. The molecule has 4 heterocycles. The van der Waals surface area contributed by atoms with E-state index in [9.17, 15) is 36.0 Å². The van der Waals surface area contributed by atoms with Crippen LogP contribution in [0, 0.1) is 11.3 Å². The standard InChI is InChI=1S/C26H31F3N6O7S/c1-24(2,3)22(37)33-19-7-15(26(27,28)29)8-31-20(19)12-42-23(38)35-11-16-10-34(13-25(16,14-35)41-4)21(36)18-6-5-17(9-32-18)43(30,39)40/h5-9,16H,10-14H2,1-4H3,(H,33,37)(H2,30,39,40)/t16-,25+/m0/s1. The number of hydrogen-bond donors (Lipinski definition) is 2. The van der Waals surface area contributed by atoms with Crippen molar-refractivity contribution in [2.24, 2.45) is 16.5 Å².